The molecule has 1 aliphatic rings. The molecule has 30 heavy (non-hydrogen) atoms. The van der Waals surface area contributed by atoms with Gasteiger partial charge in [-0.3, -0.25) is 9.48 Å². The Bertz CT molecular complexity index is 1210. The Kier molecular flexibility index (Phi) is 4.58. The van der Waals surface area contributed by atoms with Gasteiger partial charge in [0.25, 0.3) is 11.6 Å². The number of aromatic nitrogens is 4. The summed E-state index contributed by atoms with van der Waals surface area (Å²) in [7, 11) is 1.85. The number of aryl methyl sites for hydroxylation is 2. The van der Waals surface area contributed by atoms with Crippen molar-refractivity contribution in [3.63, 3.8) is 0 Å². The third-order valence-electron chi connectivity index (χ3n) is 5.80. The smallest absolute Gasteiger partial charge is 0.259 e. The van der Waals surface area contributed by atoms with E-state index >= 15 is 0 Å². The molecule has 0 bridgehead atoms. The molecule has 1 atom stereocenters. The first-order valence-electron chi connectivity index (χ1n) is 10.2. The van der Waals surface area contributed by atoms with Crippen LogP contribution in [0.2, 0.25) is 0 Å². The molecule has 1 aromatic carbocycles. The molecule has 152 valence electrons. The quantitative estimate of drug-likeness (QED) is 0.512. The molecular formula is C23H23N5O2. The summed E-state index contributed by atoms with van der Waals surface area (Å²) in [6.45, 7) is 2.58. The number of rotatable bonds is 3. The van der Waals surface area contributed by atoms with Gasteiger partial charge in [0, 0.05) is 25.4 Å². The number of pyridine rings is 1. The van der Waals surface area contributed by atoms with E-state index in [4.69, 9.17) is 4.52 Å². The van der Waals surface area contributed by atoms with Gasteiger partial charge in [0.1, 0.15) is 0 Å². The molecule has 0 spiro atoms. The highest BCUT2D eigenvalue weighted by Gasteiger charge is 2.31. The minimum atomic E-state index is -0.00704. The topological polar surface area (TPSA) is 77.0 Å². The average Bonchev–Trinajstić information content (AvgIpc) is 3.39. The number of amides is 1. The predicted molar refractivity (Wildman–Crippen MR) is 113 cm³/mol. The Morgan fingerprint density at radius 2 is 2.03 bits per heavy atom. The standard InChI is InChI=1S/C23H23N5O2/c1-15-21-18(12-19(25-22(21)30-26-15)17-13-24-27(2)14-17)23(29)28-11-7-6-10-20(28)16-8-4-3-5-9-16/h3-5,8-9,12-14,20H,6-7,10-11H2,1-2H3/t20-/m1/s1. The zero-order chi connectivity index (χ0) is 20.7. The van der Waals surface area contributed by atoms with Gasteiger partial charge in [0.15, 0.2) is 0 Å². The van der Waals surface area contributed by atoms with E-state index in [9.17, 15) is 4.79 Å². The Balaban J connectivity index is 1.62. The van der Waals surface area contributed by atoms with Crippen LogP contribution in [0.5, 0.6) is 0 Å². The molecule has 4 heterocycles. The van der Waals surface area contributed by atoms with E-state index in [-0.39, 0.29) is 11.9 Å². The van der Waals surface area contributed by atoms with Crippen LogP contribution < -0.4 is 0 Å². The summed E-state index contributed by atoms with van der Waals surface area (Å²) < 4.78 is 7.16. The maximum Gasteiger partial charge on any atom is 0.259 e. The number of benzene rings is 1. The summed E-state index contributed by atoms with van der Waals surface area (Å²) in [6, 6.07) is 12.2. The van der Waals surface area contributed by atoms with Crippen molar-refractivity contribution >= 4 is 17.0 Å². The second kappa shape index (κ2) is 7.40. The number of fused-ring (bicyclic) bond motifs is 1. The average molecular weight is 401 g/mol. The fraction of sp³-hybridized carbons (Fsp3) is 0.304. The van der Waals surface area contributed by atoms with Crippen LogP contribution in [0.25, 0.3) is 22.4 Å². The maximum atomic E-state index is 13.8. The van der Waals surface area contributed by atoms with Crippen LogP contribution in [0.4, 0.5) is 0 Å². The fourth-order valence-corrected chi connectivity index (χ4v) is 4.32. The summed E-state index contributed by atoms with van der Waals surface area (Å²) in [5.41, 5.74) is 4.30. The molecule has 5 rings (SSSR count). The van der Waals surface area contributed by atoms with Crippen LogP contribution >= 0.6 is 0 Å². The van der Waals surface area contributed by atoms with Crippen LogP contribution in [0.1, 0.15) is 46.9 Å². The number of nitrogens with zero attached hydrogens (tertiary/aromatic N) is 5. The van der Waals surface area contributed by atoms with Crippen molar-refractivity contribution in [2.24, 2.45) is 7.05 Å². The van der Waals surface area contributed by atoms with Crippen molar-refractivity contribution in [3.05, 3.63) is 65.6 Å². The van der Waals surface area contributed by atoms with Gasteiger partial charge in [-0.2, -0.15) is 5.10 Å². The summed E-state index contributed by atoms with van der Waals surface area (Å²) in [5, 5.41) is 8.99. The van der Waals surface area contributed by atoms with Crippen LogP contribution in [-0.4, -0.2) is 37.3 Å². The van der Waals surface area contributed by atoms with E-state index in [1.807, 2.05) is 49.3 Å². The molecule has 3 aromatic heterocycles. The first kappa shape index (κ1) is 18.5. The van der Waals surface area contributed by atoms with Gasteiger partial charge < -0.3 is 9.42 Å². The molecular weight excluding hydrogens is 378 g/mol. The van der Waals surface area contributed by atoms with Gasteiger partial charge in [-0.1, -0.05) is 35.5 Å². The number of likely N-dealkylation sites (tertiary alicyclic amines) is 1. The van der Waals surface area contributed by atoms with Crippen LogP contribution in [-0.2, 0) is 7.05 Å². The highest BCUT2D eigenvalue weighted by molar-refractivity contribution is 6.07. The monoisotopic (exact) mass is 401 g/mol. The highest BCUT2D eigenvalue weighted by atomic mass is 16.5. The van der Waals surface area contributed by atoms with E-state index in [0.717, 1.165) is 31.4 Å². The van der Waals surface area contributed by atoms with Crippen molar-refractivity contribution < 1.29 is 9.32 Å². The molecule has 0 radical (unpaired) electrons. The molecule has 0 unspecified atom stereocenters. The third-order valence-corrected chi connectivity index (χ3v) is 5.80. The summed E-state index contributed by atoms with van der Waals surface area (Å²) in [6.07, 6.45) is 6.68. The minimum Gasteiger partial charge on any atom is -0.335 e. The third kappa shape index (κ3) is 3.16. The molecule has 1 aliphatic heterocycles. The van der Waals surface area contributed by atoms with E-state index in [2.05, 4.69) is 27.4 Å². The normalized spacial score (nSPS) is 16.9. The lowest BCUT2D eigenvalue weighted by Crippen LogP contribution is -2.38. The number of carbonyl (C=O) groups excluding carboxylic acids is 1. The van der Waals surface area contributed by atoms with Crippen molar-refractivity contribution in [2.75, 3.05) is 6.54 Å². The SMILES string of the molecule is Cc1noc2nc(-c3cnn(C)c3)cc(C(=O)N3CCCC[C@@H]3c3ccccc3)c12. The van der Waals surface area contributed by atoms with E-state index in [0.29, 0.717) is 28.1 Å². The largest absolute Gasteiger partial charge is 0.335 e. The van der Waals surface area contributed by atoms with Gasteiger partial charge in [-0.15, -0.1) is 0 Å². The van der Waals surface area contributed by atoms with Crippen LogP contribution in [0, 0.1) is 6.92 Å². The summed E-state index contributed by atoms with van der Waals surface area (Å²) in [5.74, 6) is -0.00704. The first-order chi connectivity index (χ1) is 14.6. The second-order valence-corrected chi connectivity index (χ2v) is 7.83. The second-order valence-electron chi connectivity index (χ2n) is 7.83. The van der Waals surface area contributed by atoms with Gasteiger partial charge in [0.2, 0.25) is 0 Å². The zero-order valence-electron chi connectivity index (χ0n) is 17.1. The van der Waals surface area contributed by atoms with Crippen molar-refractivity contribution in [1.29, 1.82) is 0 Å². The lowest BCUT2D eigenvalue weighted by atomic mass is 9.94. The number of carbonyl (C=O) groups is 1. The van der Waals surface area contributed by atoms with E-state index < -0.39 is 0 Å². The number of piperidine rings is 1. The molecule has 4 aromatic rings. The van der Waals surface area contributed by atoms with Gasteiger partial charge >= 0.3 is 0 Å². The highest BCUT2D eigenvalue weighted by Crippen LogP contribution is 2.34. The number of hydrogen-bond donors (Lipinski definition) is 0. The van der Waals surface area contributed by atoms with E-state index in [1.165, 1.54) is 5.56 Å². The van der Waals surface area contributed by atoms with Crippen LogP contribution in [0.3, 0.4) is 0 Å². The minimum absolute atomic E-state index is 0.00704. The van der Waals surface area contributed by atoms with Crippen LogP contribution in [0.15, 0.2) is 53.3 Å². The molecule has 1 amide bonds. The first-order valence-corrected chi connectivity index (χ1v) is 10.2. The van der Waals surface area contributed by atoms with Gasteiger partial charge in [0.05, 0.1) is 34.6 Å². The molecule has 7 nitrogen and oxygen atoms in total. The fourth-order valence-electron chi connectivity index (χ4n) is 4.32. The zero-order valence-corrected chi connectivity index (χ0v) is 17.1. The Morgan fingerprint density at radius 1 is 1.20 bits per heavy atom. The maximum absolute atomic E-state index is 13.8. The Labute approximate surface area is 174 Å². The summed E-state index contributed by atoms with van der Waals surface area (Å²) in [4.78, 5) is 20.4. The van der Waals surface area contributed by atoms with Gasteiger partial charge in [-0.25, -0.2) is 4.98 Å². The van der Waals surface area contributed by atoms with Crippen molar-refractivity contribution in [1.82, 2.24) is 24.8 Å². The Morgan fingerprint density at radius 3 is 2.80 bits per heavy atom. The molecule has 7 heteroatoms. The van der Waals surface area contributed by atoms with Crippen molar-refractivity contribution in [3.8, 4) is 11.3 Å². The summed E-state index contributed by atoms with van der Waals surface area (Å²) >= 11 is 0. The molecule has 0 saturated carbocycles. The predicted octanol–water partition coefficient (Wildman–Crippen LogP) is 4.30. The molecule has 0 aliphatic carbocycles. The molecule has 1 fully saturated rings. The lowest BCUT2D eigenvalue weighted by molar-refractivity contribution is 0.0613. The van der Waals surface area contributed by atoms with Gasteiger partial charge in [-0.05, 0) is 37.8 Å². The lowest BCUT2D eigenvalue weighted by Gasteiger charge is -2.36. The van der Waals surface area contributed by atoms with E-state index in [1.54, 1.807) is 10.9 Å². The Hall–Kier alpha value is -3.48. The molecule has 1 saturated heterocycles. The molecule has 0 N–H and O–H groups in total. The number of hydrogen-bond acceptors (Lipinski definition) is 5. The van der Waals surface area contributed by atoms with Crippen molar-refractivity contribution in [2.45, 2.75) is 32.2 Å².